The molecule has 5 nitrogen and oxygen atoms in total. The Morgan fingerprint density at radius 3 is 2.52 bits per heavy atom. The lowest BCUT2D eigenvalue weighted by Gasteiger charge is -2.17. The average Bonchev–Trinajstić information content (AvgIpc) is 2.75. The number of rotatable bonds is 8. The molecular formula is C23H27N3O2S. The van der Waals surface area contributed by atoms with Crippen LogP contribution in [0.3, 0.4) is 0 Å². The van der Waals surface area contributed by atoms with Gasteiger partial charge in [-0.3, -0.25) is 14.2 Å². The van der Waals surface area contributed by atoms with Crippen LogP contribution in [-0.4, -0.2) is 27.3 Å². The molecule has 3 rings (SSSR count). The maximum atomic E-state index is 12.9. The number of aromatic nitrogens is 2. The van der Waals surface area contributed by atoms with E-state index < -0.39 is 0 Å². The summed E-state index contributed by atoms with van der Waals surface area (Å²) in [6, 6.07) is 17.5. The minimum atomic E-state index is -0.353. The second kappa shape index (κ2) is 9.74. The van der Waals surface area contributed by atoms with Crippen molar-refractivity contribution in [1.82, 2.24) is 14.9 Å². The molecule has 0 saturated carbocycles. The van der Waals surface area contributed by atoms with Crippen LogP contribution in [0.2, 0.25) is 0 Å². The lowest BCUT2D eigenvalue weighted by molar-refractivity contribution is -0.120. The van der Waals surface area contributed by atoms with Gasteiger partial charge < -0.3 is 5.32 Å². The number of fused-ring (bicyclic) bond motifs is 1. The first-order chi connectivity index (χ1) is 14.0. The van der Waals surface area contributed by atoms with E-state index in [0.29, 0.717) is 29.1 Å². The molecular weight excluding hydrogens is 382 g/mol. The molecule has 1 heterocycles. The van der Waals surface area contributed by atoms with Gasteiger partial charge in [-0.1, -0.05) is 68.1 Å². The van der Waals surface area contributed by atoms with Crippen LogP contribution in [-0.2, 0) is 11.3 Å². The molecule has 2 unspecified atom stereocenters. The number of nitrogens with one attached hydrogen (secondary N) is 1. The topological polar surface area (TPSA) is 64.0 Å². The number of benzene rings is 2. The van der Waals surface area contributed by atoms with Crippen molar-refractivity contribution < 1.29 is 4.79 Å². The Bertz CT molecular complexity index is 1030. The van der Waals surface area contributed by atoms with Gasteiger partial charge in [0.2, 0.25) is 5.91 Å². The molecule has 1 aromatic heterocycles. The van der Waals surface area contributed by atoms with E-state index in [9.17, 15) is 9.59 Å². The number of thioether (sulfide) groups is 1. The quantitative estimate of drug-likeness (QED) is 0.447. The molecule has 0 saturated heterocycles. The summed E-state index contributed by atoms with van der Waals surface area (Å²) >= 11 is 1.33. The minimum absolute atomic E-state index is 0.0507. The van der Waals surface area contributed by atoms with E-state index in [0.717, 1.165) is 6.42 Å². The predicted molar refractivity (Wildman–Crippen MR) is 119 cm³/mol. The molecule has 0 radical (unpaired) electrons. The summed E-state index contributed by atoms with van der Waals surface area (Å²) in [7, 11) is 0. The van der Waals surface area contributed by atoms with Crippen LogP contribution in [0.1, 0.15) is 38.7 Å². The van der Waals surface area contributed by atoms with Gasteiger partial charge >= 0.3 is 0 Å². The molecule has 0 aliphatic carbocycles. The number of amides is 1. The standard InChI is InChI=1S/C23H27N3O2S/c1-4-14-26-22(28)19-12-8-9-13-20(19)25-23(26)29-17(3)21(27)24-15-16(2)18-10-6-5-7-11-18/h5-13,16-17H,4,14-15H2,1-3H3,(H,24,27). The Hall–Kier alpha value is -2.60. The second-order valence-electron chi connectivity index (χ2n) is 7.19. The lowest BCUT2D eigenvalue weighted by atomic mass is 10.0. The molecule has 3 aromatic rings. The molecule has 2 aromatic carbocycles. The smallest absolute Gasteiger partial charge is 0.262 e. The summed E-state index contributed by atoms with van der Waals surface area (Å²) in [5.41, 5.74) is 1.81. The molecule has 0 fully saturated rings. The van der Waals surface area contributed by atoms with Crippen LogP contribution < -0.4 is 10.9 Å². The molecule has 0 aliphatic heterocycles. The van der Waals surface area contributed by atoms with Gasteiger partial charge in [0.1, 0.15) is 0 Å². The van der Waals surface area contributed by atoms with Gasteiger partial charge in [-0.05, 0) is 37.0 Å². The zero-order valence-corrected chi connectivity index (χ0v) is 17.9. The predicted octanol–water partition coefficient (Wildman–Crippen LogP) is 4.21. The lowest BCUT2D eigenvalue weighted by Crippen LogP contribution is -2.34. The van der Waals surface area contributed by atoms with Gasteiger partial charge in [0.25, 0.3) is 5.56 Å². The fourth-order valence-corrected chi connectivity index (χ4v) is 4.13. The number of carbonyl (C=O) groups is 1. The van der Waals surface area contributed by atoms with Crippen LogP contribution in [0.4, 0.5) is 0 Å². The number of para-hydroxylation sites is 1. The van der Waals surface area contributed by atoms with Crippen molar-refractivity contribution in [3.8, 4) is 0 Å². The van der Waals surface area contributed by atoms with Gasteiger partial charge in [0.15, 0.2) is 5.16 Å². The van der Waals surface area contributed by atoms with E-state index in [2.05, 4.69) is 29.4 Å². The van der Waals surface area contributed by atoms with Gasteiger partial charge in [-0.2, -0.15) is 0 Å². The zero-order valence-electron chi connectivity index (χ0n) is 17.1. The summed E-state index contributed by atoms with van der Waals surface area (Å²) in [6.07, 6.45) is 0.822. The SMILES string of the molecule is CCCn1c(SC(C)C(=O)NCC(C)c2ccccc2)nc2ccccc2c1=O. The maximum Gasteiger partial charge on any atom is 0.262 e. The van der Waals surface area contributed by atoms with Crippen LogP contribution >= 0.6 is 11.8 Å². The van der Waals surface area contributed by atoms with E-state index >= 15 is 0 Å². The number of hydrogen-bond acceptors (Lipinski definition) is 4. The van der Waals surface area contributed by atoms with Crippen molar-refractivity contribution in [2.75, 3.05) is 6.54 Å². The molecule has 1 N–H and O–H groups in total. The van der Waals surface area contributed by atoms with Crippen molar-refractivity contribution in [1.29, 1.82) is 0 Å². The van der Waals surface area contributed by atoms with E-state index in [1.54, 1.807) is 10.6 Å². The summed E-state index contributed by atoms with van der Waals surface area (Å²) in [5.74, 6) is 0.178. The van der Waals surface area contributed by atoms with Gasteiger partial charge in [0, 0.05) is 13.1 Å². The molecule has 29 heavy (non-hydrogen) atoms. The Balaban J connectivity index is 1.73. The summed E-state index contributed by atoms with van der Waals surface area (Å²) in [5, 5.41) is 3.88. The monoisotopic (exact) mass is 409 g/mol. The first-order valence-corrected chi connectivity index (χ1v) is 10.9. The van der Waals surface area contributed by atoms with Crippen LogP contribution in [0.15, 0.2) is 64.5 Å². The van der Waals surface area contributed by atoms with Crippen LogP contribution in [0.5, 0.6) is 0 Å². The first kappa shape index (κ1) is 21.1. The molecule has 2 atom stereocenters. The van der Waals surface area contributed by atoms with E-state index in [-0.39, 0.29) is 22.6 Å². The number of carbonyl (C=O) groups excluding carboxylic acids is 1. The van der Waals surface area contributed by atoms with Crippen molar-refractivity contribution in [2.24, 2.45) is 0 Å². The first-order valence-electron chi connectivity index (χ1n) is 10.00. The average molecular weight is 410 g/mol. The third kappa shape index (κ3) is 5.07. The second-order valence-corrected chi connectivity index (χ2v) is 8.49. The summed E-state index contributed by atoms with van der Waals surface area (Å²) < 4.78 is 1.68. The Labute approximate surface area is 175 Å². The van der Waals surface area contributed by atoms with Gasteiger partial charge in [-0.25, -0.2) is 4.98 Å². The highest BCUT2D eigenvalue weighted by atomic mass is 32.2. The van der Waals surface area contributed by atoms with Crippen molar-refractivity contribution in [3.05, 3.63) is 70.5 Å². The zero-order chi connectivity index (χ0) is 20.8. The molecule has 0 aliphatic rings. The van der Waals surface area contributed by atoms with Crippen molar-refractivity contribution >= 4 is 28.6 Å². The largest absolute Gasteiger partial charge is 0.355 e. The van der Waals surface area contributed by atoms with Crippen molar-refractivity contribution in [2.45, 2.75) is 50.1 Å². The maximum absolute atomic E-state index is 12.9. The van der Waals surface area contributed by atoms with Gasteiger partial charge in [-0.15, -0.1) is 0 Å². The molecule has 0 bridgehead atoms. The molecule has 0 spiro atoms. The van der Waals surface area contributed by atoms with E-state index in [1.165, 1.54) is 17.3 Å². The fourth-order valence-electron chi connectivity index (χ4n) is 3.17. The summed E-state index contributed by atoms with van der Waals surface area (Å²) in [4.78, 5) is 30.2. The third-order valence-electron chi connectivity index (χ3n) is 4.88. The Morgan fingerprint density at radius 2 is 1.79 bits per heavy atom. The van der Waals surface area contributed by atoms with Crippen molar-refractivity contribution in [3.63, 3.8) is 0 Å². The number of hydrogen-bond donors (Lipinski definition) is 1. The van der Waals surface area contributed by atoms with Crippen LogP contribution in [0, 0.1) is 0 Å². The molecule has 1 amide bonds. The minimum Gasteiger partial charge on any atom is -0.355 e. The normalized spacial score (nSPS) is 13.2. The van der Waals surface area contributed by atoms with E-state index in [1.807, 2.05) is 50.2 Å². The van der Waals surface area contributed by atoms with Gasteiger partial charge in [0.05, 0.1) is 16.2 Å². The van der Waals surface area contributed by atoms with E-state index in [4.69, 9.17) is 0 Å². The highest BCUT2D eigenvalue weighted by molar-refractivity contribution is 8.00. The Morgan fingerprint density at radius 1 is 1.10 bits per heavy atom. The highest BCUT2D eigenvalue weighted by Gasteiger charge is 2.19. The number of nitrogens with zero attached hydrogens (tertiary/aromatic N) is 2. The van der Waals surface area contributed by atoms with Crippen LogP contribution in [0.25, 0.3) is 10.9 Å². The highest BCUT2D eigenvalue weighted by Crippen LogP contribution is 2.23. The fraction of sp³-hybridized carbons (Fsp3) is 0.348. The third-order valence-corrected chi connectivity index (χ3v) is 5.97. The molecule has 152 valence electrons. The molecule has 6 heteroatoms. The summed E-state index contributed by atoms with van der Waals surface area (Å²) in [6.45, 7) is 7.12. The Kier molecular flexibility index (Phi) is 7.09.